The van der Waals surface area contributed by atoms with Gasteiger partial charge in [0.25, 0.3) is 0 Å². The van der Waals surface area contributed by atoms with Crippen molar-refractivity contribution in [2.24, 2.45) is 0 Å². The SMILES string of the molecule is CNC(=O)NC(=O)CSc1nnc(-c2ccc(OC)cc2)n1C[C@@H]1CCCO1. The van der Waals surface area contributed by atoms with Gasteiger partial charge in [-0.25, -0.2) is 4.79 Å². The molecule has 0 aliphatic carbocycles. The van der Waals surface area contributed by atoms with Gasteiger partial charge < -0.3 is 14.8 Å². The van der Waals surface area contributed by atoms with Gasteiger partial charge >= 0.3 is 6.03 Å². The minimum atomic E-state index is -0.537. The molecular formula is C18H23N5O4S. The lowest BCUT2D eigenvalue weighted by atomic mass is 10.2. The molecule has 0 bridgehead atoms. The van der Waals surface area contributed by atoms with Crippen LogP contribution in [0.4, 0.5) is 4.79 Å². The molecule has 10 heteroatoms. The summed E-state index contributed by atoms with van der Waals surface area (Å²) in [7, 11) is 3.07. The topological polar surface area (TPSA) is 107 Å². The van der Waals surface area contributed by atoms with Crippen LogP contribution in [-0.2, 0) is 16.1 Å². The summed E-state index contributed by atoms with van der Waals surface area (Å²) < 4.78 is 12.9. The van der Waals surface area contributed by atoms with Gasteiger partial charge in [-0.1, -0.05) is 11.8 Å². The fourth-order valence-corrected chi connectivity index (χ4v) is 3.61. The Labute approximate surface area is 167 Å². The van der Waals surface area contributed by atoms with Crippen LogP contribution in [0.5, 0.6) is 5.75 Å². The Hall–Kier alpha value is -2.59. The second kappa shape index (κ2) is 9.56. The maximum absolute atomic E-state index is 11.9. The number of imide groups is 1. The van der Waals surface area contributed by atoms with Crippen molar-refractivity contribution < 1.29 is 19.1 Å². The summed E-state index contributed by atoms with van der Waals surface area (Å²) in [5, 5.41) is 13.8. The summed E-state index contributed by atoms with van der Waals surface area (Å²) in [6, 6.07) is 7.03. The van der Waals surface area contributed by atoms with Gasteiger partial charge in [-0.2, -0.15) is 0 Å². The van der Waals surface area contributed by atoms with E-state index in [1.807, 2.05) is 28.8 Å². The highest BCUT2D eigenvalue weighted by Crippen LogP contribution is 2.27. The van der Waals surface area contributed by atoms with E-state index in [2.05, 4.69) is 20.8 Å². The molecule has 2 aromatic rings. The molecular weight excluding hydrogens is 382 g/mol. The molecule has 0 unspecified atom stereocenters. The molecule has 2 heterocycles. The predicted octanol–water partition coefficient (Wildman–Crippen LogP) is 1.68. The third kappa shape index (κ3) is 5.02. The quantitative estimate of drug-likeness (QED) is 0.675. The van der Waals surface area contributed by atoms with E-state index in [-0.39, 0.29) is 11.9 Å². The number of hydrogen-bond acceptors (Lipinski definition) is 7. The van der Waals surface area contributed by atoms with E-state index in [1.165, 1.54) is 18.8 Å². The minimum absolute atomic E-state index is 0.0552. The van der Waals surface area contributed by atoms with Crippen LogP contribution in [-0.4, -0.2) is 59.3 Å². The second-order valence-electron chi connectivity index (χ2n) is 6.20. The van der Waals surface area contributed by atoms with Gasteiger partial charge in [-0.3, -0.25) is 14.7 Å². The number of carbonyl (C=O) groups is 2. The van der Waals surface area contributed by atoms with Gasteiger partial charge in [0, 0.05) is 19.2 Å². The number of ether oxygens (including phenoxy) is 2. The van der Waals surface area contributed by atoms with Gasteiger partial charge in [0.15, 0.2) is 11.0 Å². The molecule has 0 radical (unpaired) electrons. The number of hydrogen-bond donors (Lipinski definition) is 2. The Morgan fingerprint density at radius 1 is 1.32 bits per heavy atom. The van der Waals surface area contributed by atoms with Crippen molar-refractivity contribution >= 4 is 23.7 Å². The zero-order valence-corrected chi connectivity index (χ0v) is 16.6. The number of carbonyl (C=O) groups excluding carboxylic acids is 2. The van der Waals surface area contributed by atoms with E-state index in [9.17, 15) is 9.59 Å². The first kappa shape index (κ1) is 20.2. The highest BCUT2D eigenvalue weighted by molar-refractivity contribution is 7.99. The standard InChI is InChI=1S/C18H23N5O4S/c1-19-17(25)20-15(24)11-28-18-22-21-16(12-5-7-13(26-2)8-6-12)23(18)10-14-4-3-9-27-14/h5-8,14H,3-4,9-11H2,1-2H3,(H2,19,20,24,25)/t14-/m0/s1. The van der Waals surface area contributed by atoms with E-state index in [0.29, 0.717) is 17.5 Å². The van der Waals surface area contributed by atoms with Crippen LogP contribution in [0.3, 0.4) is 0 Å². The first-order valence-electron chi connectivity index (χ1n) is 8.94. The molecule has 1 aliphatic rings. The minimum Gasteiger partial charge on any atom is -0.497 e. The molecule has 28 heavy (non-hydrogen) atoms. The molecule has 1 fully saturated rings. The van der Waals surface area contributed by atoms with Crippen LogP contribution in [0.25, 0.3) is 11.4 Å². The highest BCUT2D eigenvalue weighted by Gasteiger charge is 2.22. The summed E-state index contributed by atoms with van der Waals surface area (Å²) in [6.45, 7) is 1.36. The third-order valence-electron chi connectivity index (χ3n) is 4.29. The number of methoxy groups -OCH3 is 1. The highest BCUT2D eigenvalue weighted by atomic mass is 32.2. The number of urea groups is 1. The first-order chi connectivity index (χ1) is 13.6. The Kier molecular flexibility index (Phi) is 6.88. The lowest BCUT2D eigenvalue weighted by molar-refractivity contribution is -0.117. The van der Waals surface area contributed by atoms with Crippen molar-refractivity contribution in [3.63, 3.8) is 0 Å². The lowest BCUT2D eigenvalue weighted by Gasteiger charge is -2.15. The molecule has 2 N–H and O–H groups in total. The Bertz CT molecular complexity index is 818. The van der Waals surface area contributed by atoms with Crippen LogP contribution < -0.4 is 15.4 Å². The van der Waals surface area contributed by atoms with Crippen molar-refractivity contribution in [2.75, 3.05) is 26.5 Å². The van der Waals surface area contributed by atoms with Gasteiger partial charge in [0.2, 0.25) is 5.91 Å². The zero-order valence-electron chi connectivity index (χ0n) is 15.8. The molecule has 0 saturated carbocycles. The Morgan fingerprint density at radius 3 is 2.75 bits per heavy atom. The number of rotatable bonds is 7. The van der Waals surface area contributed by atoms with Crippen LogP contribution in [0.1, 0.15) is 12.8 Å². The number of nitrogens with zero attached hydrogens (tertiary/aromatic N) is 3. The second-order valence-corrected chi connectivity index (χ2v) is 7.14. The van der Waals surface area contributed by atoms with Crippen molar-refractivity contribution in [1.29, 1.82) is 0 Å². The first-order valence-corrected chi connectivity index (χ1v) is 9.93. The number of aromatic nitrogens is 3. The zero-order chi connectivity index (χ0) is 19.9. The molecule has 9 nitrogen and oxygen atoms in total. The van der Waals surface area contributed by atoms with Gasteiger partial charge in [0.1, 0.15) is 5.75 Å². The van der Waals surface area contributed by atoms with E-state index >= 15 is 0 Å². The van der Waals surface area contributed by atoms with E-state index < -0.39 is 11.9 Å². The van der Waals surface area contributed by atoms with Crippen molar-refractivity contribution in [3.05, 3.63) is 24.3 Å². The number of thioether (sulfide) groups is 1. The fraction of sp³-hybridized carbons (Fsp3) is 0.444. The van der Waals surface area contributed by atoms with Crippen molar-refractivity contribution in [1.82, 2.24) is 25.4 Å². The van der Waals surface area contributed by atoms with Gasteiger partial charge in [-0.15, -0.1) is 10.2 Å². The fourth-order valence-electron chi connectivity index (χ4n) is 2.86. The molecule has 1 atom stereocenters. The maximum Gasteiger partial charge on any atom is 0.321 e. The normalized spacial score (nSPS) is 16.0. The molecule has 150 valence electrons. The van der Waals surface area contributed by atoms with Crippen LogP contribution >= 0.6 is 11.8 Å². The summed E-state index contributed by atoms with van der Waals surface area (Å²) in [4.78, 5) is 23.2. The van der Waals surface area contributed by atoms with E-state index in [0.717, 1.165) is 30.8 Å². The third-order valence-corrected chi connectivity index (χ3v) is 5.25. The number of benzene rings is 1. The van der Waals surface area contributed by atoms with Gasteiger partial charge in [-0.05, 0) is 37.1 Å². The van der Waals surface area contributed by atoms with Gasteiger partial charge in [0.05, 0.1) is 25.5 Å². The molecule has 3 rings (SSSR count). The summed E-state index contributed by atoms with van der Waals surface area (Å²) in [5.74, 6) is 1.11. The molecule has 1 aromatic carbocycles. The average molecular weight is 405 g/mol. The lowest BCUT2D eigenvalue weighted by Crippen LogP contribution is -2.38. The molecule has 3 amide bonds. The molecule has 0 spiro atoms. The Balaban J connectivity index is 1.79. The number of nitrogens with one attached hydrogen (secondary N) is 2. The summed E-state index contributed by atoms with van der Waals surface area (Å²) in [6.07, 6.45) is 2.09. The summed E-state index contributed by atoms with van der Waals surface area (Å²) in [5.41, 5.74) is 0.896. The van der Waals surface area contributed by atoms with Crippen LogP contribution in [0.2, 0.25) is 0 Å². The maximum atomic E-state index is 11.9. The van der Waals surface area contributed by atoms with Crippen LogP contribution in [0.15, 0.2) is 29.4 Å². The van der Waals surface area contributed by atoms with Crippen LogP contribution in [0, 0.1) is 0 Å². The monoisotopic (exact) mass is 405 g/mol. The van der Waals surface area contributed by atoms with E-state index in [4.69, 9.17) is 9.47 Å². The summed E-state index contributed by atoms with van der Waals surface area (Å²) >= 11 is 1.23. The number of amides is 3. The average Bonchev–Trinajstić information content (AvgIpc) is 3.37. The molecule has 1 saturated heterocycles. The smallest absolute Gasteiger partial charge is 0.321 e. The van der Waals surface area contributed by atoms with Crippen molar-refractivity contribution in [3.8, 4) is 17.1 Å². The molecule has 1 aliphatic heterocycles. The largest absolute Gasteiger partial charge is 0.497 e. The molecule has 1 aromatic heterocycles. The van der Waals surface area contributed by atoms with E-state index in [1.54, 1.807) is 7.11 Å². The Morgan fingerprint density at radius 2 is 2.11 bits per heavy atom. The van der Waals surface area contributed by atoms with Crippen molar-refractivity contribution in [2.45, 2.75) is 30.6 Å². The predicted molar refractivity (Wildman–Crippen MR) is 104 cm³/mol.